The fourth-order valence-corrected chi connectivity index (χ4v) is 2.89. The van der Waals surface area contributed by atoms with E-state index in [4.69, 9.17) is 16.3 Å². The molecule has 1 spiro atoms. The van der Waals surface area contributed by atoms with Crippen LogP contribution in [-0.4, -0.2) is 11.8 Å². The van der Waals surface area contributed by atoms with Gasteiger partial charge in [0, 0.05) is 5.02 Å². The van der Waals surface area contributed by atoms with Crippen LogP contribution in [0.3, 0.4) is 0 Å². The van der Waals surface area contributed by atoms with E-state index < -0.39 is 6.17 Å². The Morgan fingerprint density at radius 3 is 2.75 bits per heavy atom. The van der Waals surface area contributed by atoms with Crippen molar-refractivity contribution in [2.45, 2.75) is 43.6 Å². The zero-order valence-corrected chi connectivity index (χ0v) is 9.71. The number of alkyl halides is 1. The van der Waals surface area contributed by atoms with E-state index in [1.54, 1.807) is 0 Å². The summed E-state index contributed by atoms with van der Waals surface area (Å²) in [6, 6.07) is 7.78. The number of rotatable bonds is 1. The van der Waals surface area contributed by atoms with Crippen LogP contribution < -0.4 is 0 Å². The van der Waals surface area contributed by atoms with Gasteiger partial charge in [0.1, 0.15) is 12.3 Å². The summed E-state index contributed by atoms with van der Waals surface area (Å²) < 4.78 is 18.9. The predicted octanol–water partition coefficient (Wildman–Crippen LogP) is 4.06. The lowest BCUT2D eigenvalue weighted by Crippen LogP contribution is -2.22. The number of hydrogen-bond donors (Lipinski definition) is 0. The first-order chi connectivity index (χ1) is 7.70. The highest BCUT2D eigenvalue weighted by Gasteiger charge is 2.57. The van der Waals surface area contributed by atoms with Crippen LogP contribution >= 0.6 is 11.6 Å². The Hall–Kier alpha value is -0.600. The molecule has 2 aliphatic rings. The Bertz CT molecular complexity index is 399. The number of benzene rings is 1. The Morgan fingerprint density at radius 1 is 1.31 bits per heavy atom. The van der Waals surface area contributed by atoms with E-state index in [2.05, 4.69) is 0 Å². The van der Waals surface area contributed by atoms with Crippen molar-refractivity contribution in [3.05, 3.63) is 34.9 Å². The van der Waals surface area contributed by atoms with Crippen molar-refractivity contribution in [1.29, 1.82) is 0 Å². The molecule has 1 saturated carbocycles. The van der Waals surface area contributed by atoms with Crippen LogP contribution in [0.1, 0.15) is 37.4 Å². The first kappa shape index (κ1) is 10.5. The Morgan fingerprint density at radius 2 is 2.06 bits per heavy atom. The van der Waals surface area contributed by atoms with Gasteiger partial charge < -0.3 is 4.74 Å². The van der Waals surface area contributed by atoms with Crippen molar-refractivity contribution in [2.24, 2.45) is 0 Å². The fourth-order valence-electron chi connectivity index (χ4n) is 2.69. The van der Waals surface area contributed by atoms with Crippen molar-refractivity contribution >= 4 is 11.6 Å². The molecule has 3 rings (SSSR count). The summed E-state index contributed by atoms with van der Waals surface area (Å²) in [5.74, 6) is 0. The predicted molar refractivity (Wildman–Crippen MR) is 61.4 cm³/mol. The minimum Gasteiger partial charge on any atom is -0.361 e. The minimum absolute atomic E-state index is 0.0761. The third-order valence-corrected chi connectivity index (χ3v) is 3.92. The molecule has 1 saturated heterocycles. The van der Waals surface area contributed by atoms with Gasteiger partial charge in [0.05, 0.1) is 5.60 Å². The first-order valence-corrected chi connectivity index (χ1v) is 6.15. The topological polar surface area (TPSA) is 12.5 Å². The normalized spacial score (nSPS) is 37.6. The maximum absolute atomic E-state index is 13.1. The molecule has 0 aromatic heterocycles. The van der Waals surface area contributed by atoms with Crippen LogP contribution in [0.15, 0.2) is 24.3 Å². The van der Waals surface area contributed by atoms with Crippen LogP contribution in [0.25, 0.3) is 0 Å². The van der Waals surface area contributed by atoms with Gasteiger partial charge in [0.15, 0.2) is 0 Å². The van der Waals surface area contributed by atoms with Gasteiger partial charge in [-0.05, 0) is 43.4 Å². The van der Waals surface area contributed by atoms with Gasteiger partial charge in [-0.2, -0.15) is 0 Å². The molecule has 1 atom stereocenters. The van der Waals surface area contributed by atoms with E-state index in [-0.39, 0.29) is 11.7 Å². The van der Waals surface area contributed by atoms with Crippen molar-refractivity contribution in [2.75, 3.05) is 0 Å². The van der Waals surface area contributed by atoms with E-state index in [0.717, 1.165) is 23.4 Å². The molecule has 3 heteroatoms. The number of hydrogen-bond acceptors (Lipinski definition) is 1. The summed E-state index contributed by atoms with van der Waals surface area (Å²) in [6.07, 6.45) is 2.46. The summed E-state index contributed by atoms with van der Waals surface area (Å²) in [7, 11) is 0. The molecule has 0 bridgehead atoms. The van der Waals surface area contributed by atoms with Crippen molar-refractivity contribution in [3.63, 3.8) is 0 Å². The molecule has 16 heavy (non-hydrogen) atoms. The molecular formula is C13H14ClFO. The first-order valence-electron chi connectivity index (χ1n) is 5.77. The Labute approximate surface area is 99.6 Å². The van der Waals surface area contributed by atoms with Gasteiger partial charge in [-0.1, -0.05) is 23.7 Å². The van der Waals surface area contributed by atoms with Crippen LogP contribution in [-0.2, 0) is 4.74 Å². The fraction of sp³-hybridized carbons (Fsp3) is 0.538. The largest absolute Gasteiger partial charge is 0.361 e. The zero-order chi connectivity index (χ0) is 11.2. The Kier molecular flexibility index (Phi) is 2.45. The second kappa shape index (κ2) is 3.71. The van der Waals surface area contributed by atoms with Gasteiger partial charge >= 0.3 is 0 Å². The highest BCUT2D eigenvalue weighted by atomic mass is 35.5. The van der Waals surface area contributed by atoms with Crippen LogP contribution in [0.4, 0.5) is 4.39 Å². The summed E-state index contributed by atoms with van der Waals surface area (Å²) >= 11 is 5.95. The SMILES string of the molecule is FC1CCC2(CC1)O[C@@H]2c1cccc(Cl)c1. The molecule has 1 aromatic carbocycles. The molecule has 1 aromatic rings. The molecule has 1 nitrogen and oxygen atoms in total. The molecule has 1 heterocycles. The minimum atomic E-state index is -0.630. The average Bonchev–Trinajstić information content (AvgIpc) is 2.98. The number of halogens is 2. The third-order valence-electron chi connectivity index (χ3n) is 3.69. The summed E-state index contributed by atoms with van der Waals surface area (Å²) in [5, 5.41) is 0.738. The quantitative estimate of drug-likeness (QED) is 0.675. The van der Waals surface area contributed by atoms with Crippen LogP contribution in [0.5, 0.6) is 0 Å². The lowest BCUT2D eigenvalue weighted by molar-refractivity contribution is 0.164. The smallest absolute Gasteiger partial charge is 0.112 e. The summed E-state index contributed by atoms with van der Waals surface area (Å²) in [5.41, 5.74) is 1.05. The monoisotopic (exact) mass is 240 g/mol. The summed E-state index contributed by atoms with van der Waals surface area (Å²) in [4.78, 5) is 0. The molecule has 0 radical (unpaired) electrons. The molecule has 0 unspecified atom stereocenters. The lowest BCUT2D eigenvalue weighted by Gasteiger charge is -2.21. The second-order valence-electron chi connectivity index (χ2n) is 4.79. The van der Waals surface area contributed by atoms with Gasteiger partial charge in [0.2, 0.25) is 0 Å². The molecule has 0 N–H and O–H groups in total. The van der Waals surface area contributed by atoms with E-state index in [0.29, 0.717) is 12.8 Å². The summed E-state index contributed by atoms with van der Waals surface area (Å²) in [6.45, 7) is 0. The van der Waals surface area contributed by atoms with Gasteiger partial charge in [-0.25, -0.2) is 4.39 Å². The third kappa shape index (κ3) is 1.74. The van der Waals surface area contributed by atoms with Gasteiger partial charge in [-0.15, -0.1) is 0 Å². The van der Waals surface area contributed by atoms with E-state index in [1.165, 1.54) is 0 Å². The van der Waals surface area contributed by atoms with E-state index in [9.17, 15) is 4.39 Å². The Balaban J connectivity index is 1.76. The molecule has 86 valence electrons. The van der Waals surface area contributed by atoms with Crippen molar-refractivity contribution in [1.82, 2.24) is 0 Å². The van der Waals surface area contributed by atoms with Gasteiger partial charge in [0.25, 0.3) is 0 Å². The molecular weight excluding hydrogens is 227 g/mol. The van der Waals surface area contributed by atoms with E-state index >= 15 is 0 Å². The number of ether oxygens (including phenoxy) is 1. The van der Waals surface area contributed by atoms with Crippen molar-refractivity contribution < 1.29 is 9.13 Å². The van der Waals surface area contributed by atoms with Crippen LogP contribution in [0, 0.1) is 0 Å². The second-order valence-corrected chi connectivity index (χ2v) is 5.23. The molecule has 0 amide bonds. The van der Waals surface area contributed by atoms with Crippen molar-refractivity contribution in [3.8, 4) is 0 Å². The molecule has 1 aliphatic heterocycles. The van der Waals surface area contributed by atoms with Gasteiger partial charge in [-0.3, -0.25) is 0 Å². The zero-order valence-electron chi connectivity index (χ0n) is 8.96. The van der Waals surface area contributed by atoms with E-state index in [1.807, 2.05) is 24.3 Å². The molecule has 1 aliphatic carbocycles. The lowest BCUT2D eigenvalue weighted by atomic mass is 9.83. The maximum atomic E-state index is 13.1. The standard InChI is InChI=1S/C13H14ClFO/c14-10-3-1-2-9(8-10)12-13(16-12)6-4-11(15)5-7-13/h1-3,8,11-12H,4-7H2/t11?,12-,13?/m1/s1. The number of epoxide rings is 1. The highest BCUT2D eigenvalue weighted by Crippen LogP contribution is 2.57. The molecule has 2 fully saturated rings. The average molecular weight is 241 g/mol. The van der Waals surface area contributed by atoms with Crippen LogP contribution in [0.2, 0.25) is 5.02 Å². The maximum Gasteiger partial charge on any atom is 0.112 e. The highest BCUT2D eigenvalue weighted by molar-refractivity contribution is 6.30.